The molecular formula is C21H21ClN2O2. The Morgan fingerprint density at radius 2 is 1.77 bits per heavy atom. The molecule has 3 rings (SSSR count). The molecule has 2 aromatic carbocycles. The first kappa shape index (κ1) is 18.2. The standard InChI is InChI=1S/C21H21ClN2O2/c1-14-7-9-17(10-8-14)12-24-20(22)19(16(3)23-24)21(25)26-13-18-6-4-5-15(2)11-18/h4-11H,12-13H2,1-3H3. The van der Waals surface area contributed by atoms with Gasteiger partial charge in [0.25, 0.3) is 0 Å². The lowest BCUT2D eigenvalue weighted by molar-refractivity contribution is 0.0472. The van der Waals surface area contributed by atoms with Gasteiger partial charge in [0, 0.05) is 0 Å². The Morgan fingerprint density at radius 1 is 1.04 bits per heavy atom. The summed E-state index contributed by atoms with van der Waals surface area (Å²) in [5.41, 5.74) is 5.22. The van der Waals surface area contributed by atoms with Crippen molar-refractivity contribution < 1.29 is 9.53 Å². The Labute approximate surface area is 158 Å². The van der Waals surface area contributed by atoms with E-state index in [9.17, 15) is 4.79 Å². The van der Waals surface area contributed by atoms with Crippen LogP contribution in [-0.4, -0.2) is 15.7 Å². The third kappa shape index (κ3) is 4.14. The van der Waals surface area contributed by atoms with E-state index >= 15 is 0 Å². The third-order valence-electron chi connectivity index (χ3n) is 4.17. The normalized spacial score (nSPS) is 10.8. The SMILES string of the molecule is Cc1ccc(Cn2nc(C)c(C(=O)OCc3cccc(C)c3)c2Cl)cc1. The van der Waals surface area contributed by atoms with Crippen LogP contribution in [-0.2, 0) is 17.9 Å². The van der Waals surface area contributed by atoms with E-state index in [1.54, 1.807) is 11.6 Å². The lowest BCUT2D eigenvalue weighted by Gasteiger charge is -2.06. The number of carbonyl (C=O) groups excluding carboxylic acids is 1. The molecule has 4 nitrogen and oxygen atoms in total. The molecule has 134 valence electrons. The number of esters is 1. The summed E-state index contributed by atoms with van der Waals surface area (Å²) in [6, 6.07) is 16.0. The molecule has 0 aliphatic rings. The van der Waals surface area contributed by atoms with Crippen LogP contribution in [0.4, 0.5) is 0 Å². The molecule has 0 bridgehead atoms. The Balaban J connectivity index is 1.74. The van der Waals surface area contributed by atoms with Crippen LogP contribution in [0.15, 0.2) is 48.5 Å². The molecule has 0 atom stereocenters. The number of rotatable bonds is 5. The lowest BCUT2D eigenvalue weighted by atomic mass is 10.1. The molecule has 0 unspecified atom stereocenters. The summed E-state index contributed by atoms with van der Waals surface area (Å²) in [7, 11) is 0. The molecule has 3 aromatic rings. The van der Waals surface area contributed by atoms with Crippen molar-refractivity contribution in [3.63, 3.8) is 0 Å². The van der Waals surface area contributed by atoms with Crippen molar-refractivity contribution >= 4 is 17.6 Å². The van der Waals surface area contributed by atoms with Gasteiger partial charge in [-0.3, -0.25) is 0 Å². The molecule has 0 saturated carbocycles. The lowest BCUT2D eigenvalue weighted by Crippen LogP contribution is -2.07. The Kier molecular flexibility index (Phi) is 5.43. The van der Waals surface area contributed by atoms with Crippen molar-refractivity contribution in [2.24, 2.45) is 0 Å². The highest BCUT2D eigenvalue weighted by Gasteiger charge is 2.21. The van der Waals surface area contributed by atoms with Gasteiger partial charge in [0.05, 0.1) is 12.2 Å². The highest BCUT2D eigenvalue weighted by molar-refractivity contribution is 6.32. The fraction of sp³-hybridized carbons (Fsp3) is 0.238. The van der Waals surface area contributed by atoms with Crippen LogP contribution < -0.4 is 0 Å². The molecule has 0 N–H and O–H groups in total. The average Bonchev–Trinajstić information content (AvgIpc) is 2.88. The summed E-state index contributed by atoms with van der Waals surface area (Å²) in [6.07, 6.45) is 0. The van der Waals surface area contributed by atoms with Crippen molar-refractivity contribution in [3.05, 3.63) is 87.2 Å². The zero-order valence-electron chi connectivity index (χ0n) is 15.1. The van der Waals surface area contributed by atoms with Gasteiger partial charge in [-0.25, -0.2) is 9.48 Å². The number of carbonyl (C=O) groups is 1. The molecule has 0 aliphatic heterocycles. The van der Waals surface area contributed by atoms with Crippen molar-refractivity contribution in [1.82, 2.24) is 9.78 Å². The minimum absolute atomic E-state index is 0.208. The van der Waals surface area contributed by atoms with Crippen LogP contribution >= 0.6 is 11.6 Å². The van der Waals surface area contributed by atoms with Gasteiger partial charge in [0.1, 0.15) is 17.3 Å². The molecule has 0 radical (unpaired) electrons. The number of nitrogens with zero attached hydrogens (tertiary/aromatic N) is 2. The first-order valence-electron chi connectivity index (χ1n) is 8.45. The number of hydrogen-bond donors (Lipinski definition) is 0. The first-order chi connectivity index (χ1) is 12.4. The second-order valence-electron chi connectivity index (χ2n) is 6.46. The quantitative estimate of drug-likeness (QED) is 0.603. The fourth-order valence-corrected chi connectivity index (χ4v) is 3.09. The number of aromatic nitrogens is 2. The highest BCUT2D eigenvalue weighted by Crippen LogP contribution is 2.22. The predicted octanol–water partition coefficient (Wildman–Crippen LogP) is 4.87. The predicted molar refractivity (Wildman–Crippen MR) is 103 cm³/mol. The second-order valence-corrected chi connectivity index (χ2v) is 6.82. The third-order valence-corrected chi connectivity index (χ3v) is 4.56. The van der Waals surface area contributed by atoms with E-state index in [0.29, 0.717) is 23.0 Å². The highest BCUT2D eigenvalue weighted by atomic mass is 35.5. The summed E-state index contributed by atoms with van der Waals surface area (Å²) in [5.74, 6) is -0.454. The van der Waals surface area contributed by atoms with Gasteiger partial charge in [-0.05, 0) is 31.9 Å². The van der Waals surface area contributed by atoms with E-state index in [-0.39, 0.29) is 6.61 Å². The Morgan fingerprint density at radius 3 is 2.46 bits per heavy atom. The number of hydrogen-bond acceptors (Lipinski definition) is 3. The van der Waals surface area contributed by atoms with E-state index in [1.807, 2.05) is 62.4 Å². The maximum atomic E-state index is 12.5. The molecule has 0 saturated heterocycles. The zero-order chi connectivity index (χ0) is 18.7. The number of aryl methyl sites for hydroxylation is 3. The fourth-order valence-electron chi connectivity index (χ4n) is 2.78. The zero-order valence-corrected chi connectivity index (χ0v) is 15.9. The molecule has 1 aromatic heterocycles. The average molecular weight is 369 g/mol. The van der Waals surface area contributed by atoms with Crippen LogP contribution in [0.25, 0.3) is 0 Å². The maximum Gasteiger partial charge on any atom is 0.343 e. The molecule has 5 heteroatoms. The minimum Gasteiger partial charge on any atom is -0.457 e. The van der Waals surface area contributed by atoms with Gasteiger partial charge in [-0.1, -0.05) is 71.3 Å². The largest absolute Gasteiger partial charge is 0.457 e. The van der Waals surface area contributed by atoms with Gasteiger partial charge in [-0.2, -0.15) is 5.10 Å². The molecule has 0 amide bonds. The maximum absolute atomic E-state index is 12.5. The topological polar surface area (TPSA) is 44.1 Å². The molecule has 0 fully saturated rings. The summed E-state index contributed by atoms with van der Waals surface area (Å²) >= 11 is 6.41. The summed E-state index contributed by atoms with van der Waals surface area (Å²) in [5, 5.41) is 4.71. The molecule has 26 heavy (non-hydrogen) atoms. The van der Waals surface area contributed by atoms with Gasteiger partial charge in [-0.15, -0.1) is 0 Å². The van der Waals surface area contributed by atoms with Crippen LogP contribution in [0.5, 0.6) is 0 Å². The van der Waals surface area contributed by atoms with Gasteiger partial charge < -0.3 is 4.74 Å². The molecule has 0 aliphatic carbocycles. The van der Waals surface area contributed by atoms with E-state index in [1.165, 1.54) is 5.56 Å². The van der Waals surface area contributed by atoms with E-state index in [0.717, 1.165) is 16.7 Å². The van der Waals surface area contributed by atoms with Crippen LogP contribution in [0.1, 0.15) is 38.3 Å². The second kappa shape index (κ2) is 7.75. The Hall–Kier alpha value is -2.59. The summed E-state index contributed by atoms with van der Waals surface area (Å²) in [6.45, 7) is 6.52. The summed E-state index contributed by atoms with van der Waals surface area (Å²) < 4.78 is 7.06. The van der Waals surface area contributed by atoms with Crippen molar-refractivity contribution in [2.75, 3.05) is 0 Å². The Bertz CT molecular complexity index is 930. The van der Waals surface area contributed by atoms with E-state index < -0.39 is 5.97 Å². The van der Waals surface area contributed by atoms with Gasteiger partial charge in [0.2, 0.25) is 0 Å². The number of halogens is 1. The van der Waals surface area contributed by atoms with Gasteiger partial charge >= 0.3 is 5.97 Å². The minimum atomic E-state index is -0.454. The number of benzene rings is 2. The molecular weight excluding hydrogens is 348 g/mol. The smallest absolute Gasteiger partial charge is 0.343 e. The van der Waals surface area contributed by atoms with E-state index in [2.05, 4.69) is 5.10 Å². The molecule has 0 spiro atoms. The first-order valence-corrected chi connectivity index (χ1v) is 8.83. The molecule has 1 heterocycles. The summed E-state index contributed by atoms with van der Waals surface area (Å²) in [4.78, 5) is 12.5. The van der Waals surface area contributed by atoms with E-state index in [4.69, 9.17) is 16.3 Å². The monoisotopic (exact) mass is 368 g/mol. The number of ether oxygens (including phenoxy) is 1. The van der Waals surface area contributed by atoms with Crippen molar-refractivity contribution in [1.29, 1.82) is 0 Å². The van der Waals surface area contributed by atoms with Crippen molar-refractivity contribution in [2.45, 2.75) is 33.9 Å². The van der Waals surface area contributed by atoms with Crippen LogP contribution in [0, 0.1) is 20.8 Å². The van der Waals surface area contributed by atoms with Gasteiger partial charge in [0.15, 0.2) is 0 Å². The van der Waals surface area contributed by atoms with Crippen LogP contribution in [0.3, 0.4) is 0 Å². The van der Waals surface area contributed by atoms with Crippen molar-refractivity contribution in [3.8, 4) is 0 Å². The van der Waals surface area contributed by atoms with Crippen LogP contribution in [0.2, 0.25) is 5.15 Å².